The fraction of sp³-hybridized carbons (Fsp3) is 0.412. The summed E-state index contributed by atoms with van der Waals surface area (Å²) in [6.07, 6.45) is 0. The maximum absolute atomic E-state index is 6.17. The molecule has 0 bridgehead atoms. The van der Waals surface area contributed by atoms with Crippen molar-refractivity contribution in [1.82, 2.24) is 9.97 Å². The Kier molecular flexibility index (Phi) is 5.18. The maximum Gasteiger partial charge on any atom is 0.135 e. The van der Waals surface area contributed by atoms with Crippen molar-refractivity contribution in [2.45, 2.75) is 46.2 Å². The lowest BCUT2D eigenvalue weighted by atomic mass is 10.2. The summed E-state index contributed by atoms with van der Waals surface area (Å²) in [5.41, 5.74) is 1.26. The van der Waals surface area contributed by atoms with E-state index in [9.17, 15) is 0 Å². The van der Waals surface area contributed by atoms with E-state index in [0.29, 0.717) is 11.2 Å². The van der Waals surface area contributed by atoms with Gasteiger partial charge in [0.05, 0.1) is 0 Å². The van der Waals surface area contributed by atoms with Crippen LogP contribution >= 0.6 is 11.6 Å². The van der Waals surface area contributed by atoms with Crippen molar-refractivity contribution in [1.29, 1.82) is 0 Å². The summed E-state index contributed by atoms with van der Waals surface area (Å²) in [7, 11) is 0. The standard InChI is InChI=1S/C17H22ClN3/c1-12(2)17-19-15(18)10-16(20-17)21(13(3)4)11-14-8-6-5-7-9-14/h5-10,12-13H,11H2,1-4H3. The monoisotopic (exact) mass is 303 g/mol. The molecular formula is C17H22ClN3. The molecule has 112 valence electrons. The molecule has 0 N–H and O–H groups in total. The Morgan fingerprint density at radius 2 is 1.71 bits per heavy atom. The second-order valence-corrected chi connectivity index (χ2v) is 6.16. The van der Waals surface area contributed by atoms with E-state index in [0.717, 1.165) is 18.2 Å². The van der Waals surface area contributed by atoms with Crippen molar-refractivity contribution >= 4 is 17.4 Å². The van der Waals surface area contributed by atoms with Crippen LogP contribution in [0.25, 0.3) is 0 Å². The summed E-state index contributed by atoms with van der Waals surface area (Å²) in [6, 6.07) is 12.6. The van der Waals surface area contributed by atoms with Crippen molar-refractivity contribution in [3.8, 4) is 0 Å². The predicted octanol–water partition coefficient (Wildman–Crippen LogP) is 4.67. The minimum Gasteiger partial charge on any atom is -0.350 e. The van der Waals surface area contributed by atoms with Gasteiger partial charge in [0.25, 0.3) is 0 Å². The highest BCUT2D eigenvalue weighted by atomic mass is 35.5. The molecule has 2 rings (SSSR count). The zero-order valence-corrected chi connectivity index (χ0v) is 13.8. The first kappa shape index (κ1) is 15.8. The van der Waals surface area contributed by atoms with Gasteiger partial charge < -0.3 is 4.90 Å². The van der Waals surface area contributed by atoms with E-state index in [-0.39, 0.29) is 5.92 Å². The van der Waals surface area contributed by atoms with Gasteiger partial charge in [-0.3, -0.25) is 0 Å². The lowest BCUT2D eigenvalue weighted by Crippen LogP contribution is -2.31. The van der Waals surface area contributed by atoms with Crippen molar-refractivity contribution in [3.63, 3.8) is 0 Å². The molecule has 0 saturated heterocycles. The fourth-order valence-corrected chi connectivity index (χ4v) is 2.32. The maximum atomic E-state index is 6.17. The molecule has 3 nitrogen and oxygen atoms in total. The van der Waals surface area contributed by atoms with Crippen molar-refractivity contribution in [2.75, 3.05) is 4.90 Å². The Bertz CT molecular complexity index is 582. The van der Waals surface area contributed by atoms with Crippen LogP contribution < -0.4 is 4.90 Å². The number of benzene rings is 1. The van der Waals surface area contributed by atoms with Crippen LogP contribution in [0.1, 0.15) is 45.0 Å². The van der Waals surface area contributed by atoms with Crippen molar-refractivity contribution in [3.05, 3.63) is 52.9 Å². The van der Waals surface area contributed by atoms with Crippen LogP contribution in [0, 0.1) is 0 Å². The Labute approximate surface area is 132 Å². The number of nitrogens with zero attached hydrogens (tertiary/aromatic N) is 3. The molecule has 0 atom stereocenters. The molecule has 0 aliphatic heterocycles. The number of halogens is 1. The van der Waals surface area contributed by atoms with E-state index in [1.54, 1.807) is 0 Å². The predicted molar refractivity (Wildman–Crippen MR) is 88.9 cm³/mol. The molecule has 2 aromatic rings. The number of rotatable bonds is 5. The molecule has 0 saturated carbocycles. The van der Waals surface area contributed by atoms with Gasteiger partial charge in [-0.05, 0) is 19.4 Å². The molecule has 1 heterocycles. The van der Waals surface area contributed by atoms with Crippen molar-refractivity contribution in [2.24, 2.45) is 0 Å². The van der Waals surface area contributed by atoms with Crippen LogP contribution in [0.15, 0.2) is 36.4 Å². The molecule has 0 radical (unpaired) electrons. The summed E-state index contributed by atoms with van der Waals surface area (Å²) in [5, 5.41) is 0.502. The van der Waals surface area contributed by atoms with E-state index in [4.69, 9.17) is 11.6 Å². The summed E-state index contributed by atoms with van der Waals surface area (Å²) in [4.78, 5) is 11.2. The van der Waals surface area contributed by atoms with E-state index < -0.39 is 0 Å². The van der Waals surface area contributed by atoms with E-state index in [1.165, 1.54) is 5.56 Å². The largest absolute Gasteiger partial charge is 0.350 e. The van der Waals surface area contributed by atoms with Gasteiger partial charge in [0, 0.05) is 24.6 Å². The van der Waals surface area contributed by atoms with Crippen molar-refractivity contribution < 1.29 is 0 Å². The lowest BCUT2D eigenvalue weighted by Gasteiger charge is -2.28. The van der Waals surface area contributed by atoms with Crippen LogP contribution in [0.4, 0.5) is 5.82 Å². The lowest BCUT2D eigenvalue weighted by molar-refractivity contribution is 0.662. The Balaban J connectivity index is 2.34. The van der Waals surface area contributed by atoms with Gasteiger partial charge in [0.2, 0.25) is 0 Å². The molecule has 1 aromatic carbocycles. The SMILES string of the molecule is CC(C)c1nc(Cl)cc(N(Cc2ccccc2)C(C)C)n1. The Hall–Kier alpha value is -1.61. The molecule has 0 amide bonds. The van der Waals surface area contributed by atoms with E-state index >= 15 is 0 Å². The van der Waals surface area contributed by atoms with Crippen LogP contribution in [0.5, 0.6) is 0 Å². The Morgan fingerprint density at radius 3 is 2.29 bits per heavy atom. The average molecular weight is 304 g/mol. The molecule has 0 aliphatic rings. The highest BCUT2D eigenvalue weighted by Gasteiger charge is 2.16. The highest BCUT2D eigenvalue weighted by Crippen LogP contribution is 2.23. The smallest absolute Gasteiger partial charge is 0.135 e. The van der Waals surface area contributed by atoms with Crippen LogP contribution in [0.2, 0.25) is 5.15 Å². The topological polar surface area (TPSA) is 29.0 Å². The average Bonchev–Trinajstić information content (AvgIpc) is 2.44. The first-order valence-corrected chi connectivity index (χ1v) is 7.70. The number of hydrogen-bond donors (Lipinski definition) is 0. The zero-order valence-electron chi connectivity index (χ0n) is 13.0. The molecule has 0 spiro atoms. The molecular weight excluding hydrogens is 282 g/mol. The first-order valence-electron chi connectivity index (χ1n) is 7.32. The van der Waals surface area contributed by atoms with Gasteiger partial charge in [-0.15, -0.1) is 0 Å². The summed E-state index contributed by atoms with van der Waals surface area (Å²) >= 11 is 6.17. The van der Waals surface area contributed by atoms with Gasteiger partial charge in [0.15, 0.2) is 0 Å². The van der Waals surface area contributed by atoms with Gasteiger partial charge in [0.1, 0.15) is 16.8 Å². The molecule has 1 aromatic heterocycles. The summed E-state index contributed by atoms with van der Waals surface area (Å²) in [6.45, 7) is 9.28. The highest BCUT2D eigenvalue weighted by molar-refractivity contribution is 6.29. The fourth-order valence-electron chi connectivity index (χ4n) is 2.14. The minimum absolute atomic E-state index is 0.258. The summed E-state index contributed by atoms with van der Waals surface area (Å²) in [5.74, 6) is 1.93. The van der Waals surface area contributed by atoms with E-state index in [2.05, 4.69) is 66.8 Å². The van der Waals surface area contributed by atoms with Gasteiger partial charge in [-0.1, -0.05) is 55.8 Å². The normalized spacial score (nSPS) is 11.2. The van der Waals surface area contributed by atoms with Gasteiger partial charge in [-0.2, -0.15) is 0 Å². The zero-order chi connectivity index (χ0) is 15.4. The second kappa shape index (κ2) is 6.90. The van der Waals surface area contributed by atoms with Gasteiger partial charge in [-0.25, -0.2) is 9.97 Å². The second-order valence-electron chi connectivity index (χ2n) is 5.77. The number of anilines is 1. The molecule has 0 aliphatic carbocycles. The number of aromatic nitrogens is 2. The minimum atomic E-state index is 0.258. The van der Waals surface area contributed by atoms with Crippen LogP contribution in [-0.2, 0) is 6.54 Å². The first-order chi connectivity index (χ1) is 9.97. The molecule has 0 fully saturated rings. The van der Waals surface area contributed by atoms with Crippen LogP contribution in [0.3, 0.4) is 0 Å². The van der Waals surface area contributed by atoms with Gasteiger partial charge >= 0.3 is 0 Å². The third-order valence-electron chi connectivity index (χ3n) is 3.33. The molecule has 0 unspecified atom stereocenters. The Morgan fingerprint density at radius 1 is 1.05 bits per heavy atom. The number of hydrogen-bond acceptors (Lipinski definition) is 3. The molecule has 21 heavy (non-hydrogen) atoms. The summed E-state index contributed by atoms with van der Waals surface area (Å²) < 4.78 is 0. The van der Waals surface area contributed by atoms with Crippen LogP contribution in [-0.4, -0.2) is 16.0 Å². The van der Waals surface area contributed by atoms with E-state index in [1.807, 2.05) is 12.1 Å². The third-order valence-corrected chi connectivity index (χ3v) is 3.52. The third kappa shape index (κ3) is 4.18. The quantitative estimate of drug-likeness (QED) is 0.752. The molecule has 4 heteroatoms.